The lowest BCUT2D eigenvalue weighted by molar-refractivity contribution is -0.131. The summed E-state index contributed by atoms with van der Waals surface area (Å²) in [5, 5.41) is 0. The minimum Gasteiger partial charge on any atom is -0.464 e. The van der Waals surface area contributed by atoms with Crippen molar-refractivity contribution in [3.05, 3.63) is 53.7 Å². The highest BCUT2D eigenvalue weighted by Gasteiger charge is 2.18. The number of rotatable bonds is 7. The van der Waals surface area contributed by atoms with Crippen LogP contribution >= 0.6 is 0 Å². The molecule has 0 aliphatic heterocycles. The normalized spacial score (nSPS) is 10.3. The molecule has 0 aliphatic rings. The maximum Gasteiger partial charge on any atom is 0.360 e. The molecule has 1 heterocycles. The number of amides is 1. The Bertz CT molecular complexity index is 652. The van der Waals surface area contributed by atoms with Crippen LogP contribution in [0.15, 0.2) is 41.0 Å². The molecule has 0 unspecified atom stereocenters. The largest absolute Gasteiger partial charge is 0.464 e. The minimum absolute atomic E-state index is 0.00383. The number of hydrogen-bond donors (Lipinski definition) is 0. The number of carbonyl (C=O) groups excluding carboxylic acids is 2. The van der Waals surface area contributed by atoms with E-state index in [2.05, 4.69) is 9.72 Å². The zero-order valence-electron chi connectivity index (χ0n) is 13.3. The Kier molecular flexibility index (Phi) is 5.91. The van der Waals surface area contributed by atoms with Gasteiger partial charge >= 0.3 is 5.97 Å². The molecule has 0 spiro atoms. The second kappa shape index (κ2) is 8.12. The molecule has 0 aliphatic carbocycles. The van der Waals surface area contributed by atoms with E-state index >= 15 is 0 Å². The van der Waals surface area contributed by atoms with Gasteiger partial charge in [-0.05, 0) is 12.0 Å². The molecule has 0 fully saturated rings. The van der Waals surface area contributed by atoms with Crippen molar-refractivity contribution >= 4 is 11.9 Å². The van der Waals surface area contributed by atoms with Crippen molar-refractivity contribution in [2.24, 2.45) is 0 Å². The van der Waals surface area contributed by atoms with Crippen molar-refractivity contribution in [3.8, 4) is 0 Å². The Morgan fingerprint density at radius 1 is 1.26 bits per heavy atom. The maximum atomic E-state index is 12.5. The van der Waals surface area contributed by atoms with Crippen LogP contribution in [-0.2, 0) is 22.5 Å². The average Bonchev–Trinajstić information content (AvgIpc) is 3.03. The number of methoxy groups -OCH3 is 1. The Morgan fingerprint density at radius 2 is 2.00 bits per heavy atom. The fourth-order valence-corrected chi connectivity index (χ4v) is 2.19. The Balaban J connectivity index is 2.04. The van der Waals surface area contributed by atoms with Gasteiger partial charge in [0.2, 0.25) is 11.8 Å². The lowest BCUT2D eigenvalue weighted by Gasteiger charge is -2.20. The van der Waals surface area contributed by atoms with Crippen LogP contribution in [0, 0.1) is 0 Å². The van der Waals surface area contributed by atoms with Gasteiger partial charge in [-0.25, -0.2) is 9.78 Å². The van der Waals surface area contributed by atoms with Gasteiger partial charge in [-0.1, -0.05) is 37.3 Å². The number of benzene rings is 1. The third-order valence-corrected chi connectivity index (χ3v) is 3.32. The van der Waals surface area contributed by atoms with Crippen molar-refractivity contribution in [1.82, 2.24) is 9.88 Å². The highest BCUT2D eigenvalue weighted by atomic mass is 16.5. The number of aromatic nitrogens is 1. The predicted octanol–water partition coefficient (Wildman–Crippen LogP) is 2.44. The number of ether oxygens (including phenoxy) is 1. The van der Waals surface area contributed by atoms with Gasteiger partial charge in [0.25, 0.3) is 0 Å². The Hall–Kier alpha value is -2.63. The zero-order chi connectivity index (χ0) is 16.7. The molecule has 6 nitrogen and oxygen atoms in total. The van der Waals surface area contributed by atoms with Crippen molar-refractivity contribution in [2.45, 2.75) is 26.3 Å². The fraction of sp³-hybridized carbons (Fsp3) is 0.353. The number of esters is 1. The second-order valence-electron chi connectivity index (χ2n) is 5.10. The van der Waals surface area contributed by atoms with E-state index in [4.69, 9.17) is 4.42 Å². The van der Waals surface area contributed by atoms with E-state index in [-0.39, 0.29) is 18.1 Å². The third kappa shape index (κ3) is 4.67. The molecule has 23 heavy (non-hydrogen) atoms. The summed E-state index contributed by atoms with van der Waals surface area (Å²) in [6.45, 7) is 2.83. The van der Waals surface area contributed by atoms with Crippen LogP contribution in [0.4, 0.5) is 0 Å². The van der Waals surface area contributed by atoms with E-state index < -0.39 is 5.97 Å². The van der Waals surface area contributed by atoms with Crippen LogP contribution < -0.4 is 0 Å². The predicted molar refractivity (Wildman–Crippen MR) is 83.7 cm³/mol. The molecule has 1 amide bonds. The van der Waals surface area contributed by atoms with Gasteiger partial charge in [-0.3, -0.25) is 4.79 Å². The minimum atomic E-state index is -0.558. The number of hydrogen-bond acceptors (Lipinski definition) is 5. The summed E-state index contributed by atoms with van der Waals surface area (Å²) in [5.41, 5.74) is 1.07. The molecule has 1 aromatic heterocycles. The molecule has 0 N–H and O–H groups in total. The van der Waals surface area contributed by atoms with E-state index in [1.54, 1.807) is 4.90 Å². The lowest BCUT2D eigenvalue weighted by atomic mass is 10.1. The van der Waals surface area contributed by atoms with Crippen LogP contribution in [-0.4, -0.2) is 35.4 Å². The molecule has 0 atom stereocenters. The van der Waals surface area contributed by atoms with E-state index in [9.17, 15) is 9.59 Å². The number of carbonyl (C=O) groups is 2. The summed E-state index contributed by atoms with van der Waals surface area (Å²) in [5.74, 6) is -0.242. The van der Waals surface area contributed by atoms with E-state index in [0.717, 1.165) is 12.0 Å². The second-order valence-corrected chi connectivity index (χ2v) is 5.10. The molecule has 0 saturated heterocycles. The van der Waals surface area contributed by atoms with Crippen molar-refractivity contribution in [3.63, 3.8) is 0 Å². The van der Waals surface area contributed by atoms with Gasteiger partial charge in [0, 0.05) is 6.54 Å². The molecule has 122 valence electrons. The third-order valence-electron chi connectivity index (χ3n) is 3.32. The van der Waals surface area contributed by atoms with Gasteiger partial charge in [-0.2, -0.15) is 0 Å². The molecular formula is C17H20N2O4. The molecular weight excluding hydrogens is 296 g/mol. The number of nitrogens with zero attached hydrogens (tertiary/aromatic N) is 2. The summed E-state index contributed by atoms with van der Waals surface area (Å²) in [6.07, 6.45) is 2.39. The first-order chi connectivity index (χ1) is 11.1. The summed E-state index contributed by atoms with van der Waals surface area (Å²) >= 11 is 0. The topological polar surface area (TPSA) is 72.6 Å². The Labute approximate surface area is 135 Å². The highest BCUT2D eigenvalue weighted by molar-refractivity contribution is 5.86. The maximum absolute atomic E-state index is 12.5. The molecule has 0 bridgehead atoms. The van der Waals surface area contributed by atoms with Gasteiger partial charge < -0.3 is 14.1 Å². The Morgan fingerprint density at radius 3 is 2.65 bits per heavy atom. The van der Waals surface area contributed by atoms with Gasteiger partial charge in [0.1, 0.15) is 6.26 Å². The van der Waals surface area contributed by atoms with Crippen molar-refractivity contribution < 1.29 is 18.7 Å². The summed E-state index contributed by atoms with van der Waals surface area (Å²) in [6, 6.07) is 9.57. The number of oxazole rings is 1. The van der Waals surface area contributed by atoms with Gasteiger partial charge in [-0.15, -0.1) is 0 Å². The summed E-state index contributed by atoms with van der Waals surface area (Å²) in [4.78, 5) is 29.6. The summed E-state index contributed by atoms with van der Waals surface area (Å²) in [7, 11) is 1.28. The van der Waals surface area contributed by atoms with Crippen LogP contribution in [0.3, 0.4) is 0 Å². The quantitative estimate of drug-likeness (QED) is 0.734. The first kappa shape index (κ1) is 16.7. The monoisotopic (exact) mass is 316 g/mol. The molecule has 0 radical (unpaired) electrons. The van der Waals surface area contributed by atoms with Gasteiger partial charge in [0.05, 0.1) is 20.1 Å². The smallest absolute Gasteiger partial charge is 0.360 e. The first-order valence-electron chi connectivity index (χ1n) is 7.48. The first-order valence-corrected chi connectivity index (χ1v) is 7.48. The molecule has 0 saturated carbocycles. The van der Waals surface area contributed by atoms with E-state index in [0.29, 0.717) is 18.9 Å². The van der Waals surface area contributed by atoms with E-state index in [1.807, 2.05) is 37.3 Å². The van der Waals surface area contributed by atoms with E-state index in [1.165, 1.54) is 13.4 Å². The molecule has 2 aromatic rings. The fourth-order valence-electron chi connectivity index (χ4n) is 2.19. The standard InChI is InChI=1S/C17H20N2O4/c1-3-9-19(16(20)10-13-7-5-4-6-8-13)11-15-18-14(12-23-15)17(21)22-2/h4-8,12H,3,9-11H2,1-2H3. The van der Waals surface area contributed by atoms with Gasteiger partial charge in [0.15, 0.2) is 5.69 Å². The molecule has 2 rings (SSSR count). The molecule has 6 heteroatoms. The SMILES string of the molecule is CCCN(Cc1nc(C(=O)OC)co1)C(=O)Cc1ccccc1. The van der Waals surface area contributed by atoms with Crippen molar-refractivity contribution in [2.75, 3.05) is 13.7 Å². The lowest BCUT2D eigenvalue weighted by Crippen LogP contribution is -2.32. The van der Waals surface area contributed by atoms with Crippen molar-refractivity contribution in [1.29, 1.82) is 0 Å². The van der Waals surface area contributed by atoms with Crippen LogP contribution in [0.5, 0.6) is 0 Å². The van der Waals surface area contributed by atoms with Crippen LogP contribution in [0.1, 0.15) is 35.3 Å². The highest BCUT2D eigenvalue weighted by Crippen LogP contribution is 2.10. The summed E-state index contributed by atoms with van der Waals surface area (Å²) < 4.78 is 9.85. The van der Waals surface area contributed by atoms with Crippen LogP contribution in [0.2, 0.25) is 0 Å². The van der Waals surface area contributed by atoms with Crippen LogP contribution in [0.25, 0.3) is 0 Å². The zero-order valence-corrected chi connectivity index (χ0v) is 13.3. The average molecular weight is 316 g/mol. The molecule has 1 aromatic carbocycles.